The number of nitrogens with one attached hydrogen (secondary N) is 1. The van der Waals surface area contributed by atoms with E-state index in [0.29, 0.717) is 12.3 Å². The second-order valence-electron chi connectivity index (χ2n) is 3.86. The van der Waals surface area contributed by atoms with Gasteiger partial charge >= 0.3 is 16.2 Å². The lowest BCUT2D eigenvalue weighted by Crippen LogP contribution is -2.15. The highest BCUT2D eigenvalue weighted by Gasteiger charge is 2.65. The molecule has 2 N–H and O–H groups in total. The van der Waals surface area contributed by atoms with Crippen molar-refractivity contribution in [2.24, 2.45) is 0 Å². The number of carboxylic acids is 1. The lowest BCUT2D eigenvalue weighted by Gasteiger charge is -2.40. The fourth-order valence-corrected chi connectivity index (χ4v) is 2.47. The molecule has 0 unspecified atom stereocenters. The lowest BCUT2D eigenvalue weighted by atomic mass is 10.2. The van der Waals surface area contributed by atoms with Gasteiger partial charge in [-0.1, -0.05) is 19.4 Å². The van der Waals surface area contributed by atoms with Crippen molar-refractivity contribution in [3.8, 4) is 0 Å². The number of carboxylic acid groups (broad SMARTS) is 1. The molecule has 0 radical (unpaired) electrons. The molecule has 1 aromatic rings. The van der Waals surface area contributed by atoms with Gasteiger partial charge in [0.2, 0.25) is 10.0 Å². The maximum atomic E-state index is 12.5. The van der Waals surface area contributed by atoms with E-state index < -0.39 is 42.4 Å². The average Bonchev–Trinajstić information content (AvgIpc) is 2.10. The van der Waals surface area contributed by atoms with E-state index in [1.165, 1.54) is 0 Å². The maximum absolute atomic E-state index is 12.5. The number of carbonyl (C=O) groups is 1. The van der Waals surface area contributed by atoms with Crippen LogP contribution in [0, 0.1) is 0 Å². The summed E-state index contributed by atoms with van der Waals surface area (Å²) in [5.74, 6) is -1.99. The summed E-state index contributed by atoms with van der Waals surface area (Å²) in [7, 11) is -14.0. The molecular formula is C8H8F5NO4S2. The Morgan fingerprint density at radius 1 is 1.20 bits per heavy atom. The van der Waals surface area contributed by atoms with E-state index in [1.54, 1.807) is 4.72 Å². The Labute approximate surface area is 110 Å². The van der Waals surface area contributed by atoms with Crippen LogP contribution in [0.2, 0.25) is 0 Å². The molecule has 0 saturated heterocycles. The second-order valence-corrected chi connectivity index (χ2v) is 8.01. The molecule has 0 atom stereocenters. The molecule has 0 saturated carbocycles. The Kier molecular flexibility index (Phi) is 3.10. The van der Waals surface area contributed by atoms with Crippen molar-refractivity contribution in [3.05, 3.63) is 23.8 Å². The fourth-order valence-electron chi connectivity index (χ4n) is 1.23. The van der Waals surface area contributed by atoms with Gasteiger partial charge in [0.05, 0.1) is 17.5 Å². The van der Waals surface area contributed by atoms with Crippen molar-refractivity contribution in [2.75, 3.05) is 11.0 Å². The summed E-state index contributed by atoms with van der Waals surface area (Å²) in [4.78, 5) is 8.35. The van der Waals surface area contributed by atoms with E-state index >= 15 is 0 Å². The van der Waals surface area contributed by atoms with Crippen LogP contribution in [-0.2, 0) is 10.0 Å². The number of anilines is 1. The van der Waals surface area contributed by atoms with Crippen molar-refractivity contribution in [1.29, 1.82) is 0 Å². The summed E-state index contributed by atoms with van der Waals surface area (Å²) in [6.07, 6.45) is 0.622. The molecule has 0 aliphatic carbocycles. The SMILES string of the molecule is CS(=O)(=O)Nc1ccc(S(F)(F)(F)(F)F)cc1C(=O)O. The van der Waals surface area contributed by atoms with Crippen LogP contribution in [0.3, 0.4) is 0 Å². The first-order valence-corrected chi connectivity index (χ1v) is 8.43. The number of halogens is 5. The number of hydrogen-bond donors (Lipinski definition) is 2. The van der Waals surface area contributed by atoms with Crippen LogP contribution in [0.4, 0.5) is 25.1 Å². The lowest BCUT2D eigenvalue weighted by molar-refractivity contribution is 0.0698. The second kappa shape index (κ2) is 3.75. The topological polar surface area (TPSA) is 83.5 Å². The van der Waals surface area contributed by atoms with Gasteiger partial charge in [0.15, 0.2) is 0 Å². The highest BCUT2D eigenvalue weighted by molar-refractivity contribution is 8.45. The third-order valence-corrected chi connectivity index (χ3v) is 3.70. The number of benzene rings is 1. The zero-order valence-electron chi connectivity index (χ0n) is 9.61. The molecule has 1 aromatic carbocycles. The van der Waals surface area contributed by atoms with Gasteiger partial charge in [-0.25, -0.2) is 13.2 Å². The standard InChI is InChI=1S/C8H8F5NO4S2/c1-19(17,18)14-7-3-2-5(4-6(7)8(15)16)20(9,10,11,12)13/h2-4,14H,1H3,(H,15,16). The maximum Gasteiger partial charge on any atom is 0.337 e. The number of rotatable bonds is 4. The fraction of sp³-hybridized carbons (Fsp3) is 0.125. The largest absolute Gasteiger partial charge is 0.478 e. The summed E-state index contributed by atoms with van der Waals surface area (Å²) in [5.41, 5.74) is -1.98. The Balaban J connectivity index is 3.56. The van der Waals surface area contributed by atoms with Crippen molar-refractivity contribution >= 4 is 31.9 Å². The summed E-state index contributed by atoms with van der Waals surface area (Å²) >= 11 is 0. The van der Waals surface area contributed by atoms with Gasteiger partial charge < -0.3 is 5.11 Å². The van der Waals surface area contributed by atoms with Crippen LogP contribution in [0.15, 0.2) is 23.1 Å². The van der Waals surface area contributed by atoms with E-state index in [0.717, 1.165) is 0 Å². The molecule has 5 nitrogen and oxygen atoms in total. The summed E-state index contributed by atoms with van der Waals surface area (Å²) in [6, 6.07) is -0.0728. The molecule has 0 amide bonds. The first-order chi connectivity index (χ1) is 8.49. The molecule has 0 aliphatic rings. The molecule has 0 bridgehead atoms. The Morgan fingerprint density at radius 3 is 2.05 bits per heavy atom. The van der Waals surface area contributed by atoms with Crippen molar-refractivity contribution < 1.29 is 37.7 Å². The third kappa shape index (κ3) is 4.23. The van der Waals surface area contributed by atoms with Gasteiger partial charge in [-0.2, -0.15) is 0 Å². The Morgan fingerprint density at radius 2 is 1.70 bits per heavy atom. The van der Waals surface area contributed by atoms with Gasteiger partial charge in [0.1, 0.15) is 4.90 Å². The Hall–Kier alpha value is -1.56. The summed E-state index contributed by atoms with van der Waals surface area (Å²) in [6.45, 7) is 0. The zero-order valence-corrected chi connectivity index (χ0v) is 11.2. The molecule has 0 fully saturated rings. The van der Waals surface area contributed by atoms with Crippen LogP contribution in [0.5, 0.6) is 0 Å². The highest BCUT2D eigenvalue weighted by atomic mass is 32.5. The van der Waals surface area contributed by atoms with Crippen LogP contribution in [0.25, 0.3) is 0 Å². The van der Waals surface area contributed by atoms with E-state index in [2.05, 4.69) is 0 Å². The molecule has 20 heavy (non-hydrogen) atoms. The summed E-state index contributed by atoms with van der Waals surface area (Å²) in [5, 5.41) is 8.69. The van der Waals surface area contributed by atoms with E-state index in [1.807, 2.05) is 0 Å². The minimum atomic E-state index is -10.0. The van der Waals surface area contributed by atoms with Gasteiger partial charge in [-0.05, 0) is 18.2 Å². The Bertz CT molecular complexity index is 683. The van der Waals surface area contributed by atoms with Crippen LogP contribution >= 0.6 is 10.2 Å². The van der Waals surface area contributed by atoms with Crippen molar-refractivity contribution in [1.82, 2.24) is 0 Å². The quantitative estimate of drug-likeness (QED) is 0.822. The first kappa shape index (κ1) is 16.5. The first-order valence-electron chi connectivity index (χ1n) is 4.59. The van der Waals surface area contributed by atoms with E-state index in [-0.39, 0.29) is 12.1 Å². The van der Waals surface area contributed by atoms with E-state index in [4.69, 9.17) is 5.11 Å². The average molecular weight is 341 g/mol. The van der Waals surface area contributed by atoms with Gasteiger partial charge in [-0.15, -0.1) is 0 Å². The predicted molar refractivity (Wildman–Crippen MR) is 63.3 cm³/mol. The summed E-state index contributed by atoms with van der Waals surface area (Å²) < 4.78 is 86.1. The molecule has 0 spiro atoms. The minimum absolute atomic E-state index is 0.0818. The molecule has 1 rings (SSSR count). The predicted octanol–water partition coefficient (Wildman–Crippen LogP) is 3.41. The van der Waals surface area contributed by atoms with Gasteiger partial charge in [0.25, 0.3) is 0 Å². The number of sulfonamides is 1. The number of aromatic carboxylic acids is 1. The highest BCUT2D eigenvalue weighted by Crippen LogP contribution is 3.02. The smallest absolute Gasteiger partial charge is 0.337 e. The minimum Gasteiger partial charge on any atom is -0.478 e. The number of hydrogen-bond acceptors (Lipinski definition) is 3. The normalized spacial score (nSPS) is 16.1. The van der Waals surface area contributed by atoms with Crippen LogP contribution < -0.4 is 4.72 Å². The van der Waals surface area contributed by atoms with Crippen LogP contribution in [0.1, 0.15) is 10.4 Å². The van der Waals surface area contributed by atoms with Crippen molar-refractivity contribution in [2.45, 2.75) is 4.90 Å². The molecule has 0 aliphatic heterocycles. The van der Waals surface area contributed by atoms with Gasteiger partial charge in [0, 0.05) is 0 Å². The van der Waals surface area contributed by atoms with Gasteiger partial charge in [-0.3, -0.25) is 4.72 Å². The van der Waals surface area contributed by atoms with Crippen LogP contribution in [-0.4, -0.2) is 25.7 Å². The molecule has 116 valence electrons. The third-order valence-electron chi connectivity index (χ3n) is 1.96. The monoisotopic (exact) mass is 341 g/mol. The van der Waals surface area contributed by atoms with E-state index in [9.17, 15) is 32.6 Å². The molecular weight excluding hydrogens is 333 g/mol. The van der Waals surface area contributed by atoms with Crippen molar-refractivity contribution in [3.63, 3.8) is 0 Å². The molecule has 0 heterocycles. The molecule has 0 aromatic heterocycles. The zero-order chi connectivity index (χ0) is 16.0. The molecule has 12 heteroatoms.